The van der Waals surface area contributed by atoms with Gasteiger partial charge in [0.1, 0.15) is 0 Å². The lowest BCUT2D eigenvalue weighted by Crippen LogP contribution is -2.33. The monoisotopic (exact) mass is 307 g/mol. The molecule has 0 amide bonds. The SMILES string of the molecule is CCC(CSC)N(C)c1nnc(SCC(=O)O)s1. The van der Waals surface area contributed by atoms with E-state index in [-0.39, 0.29) is 5.75 Å². The molecule has 1 atom stereocenters. The summed E-state index contributed by atoms with van der Waals surface area (Å²) in [6, 6.07) is 0.435. The van der Waals surface area contributed by atoms with Crippen LogP contribution in [0.4, 0.5) is 5.13 Å². The number of anilines is 1. The lowest BCUT2D eigenvalue weighted by atomic mass is 10.2. The molecule has 1 aromatic rings. The molecule has 0 aliphatic carbocycles. The highest BCUT2D eigenvalue weighted by atomic mass is 32.2. The fourth-order valence-electron chi connectivity index (χ4n) is 1.38. The molecule has 1 unspecified atom stereocenters. The summed E-state index contributed by atoms with van der Waals surface area (Å²) >= 11 is 4.47. The Hall–Kier alpha value is -0.470. The second-order valence-corrected chi connectivity index (χ2v) is 6.75. The summed E-state index contributed by atoms with van der Waals surface area (Å²) in [5.74, 6) is 0.240. The molecule has 0 aliphatic heterocycles. The largest absolute Gasteiger partial charge is 0.481 e. The molecule has 18 heavy (non-hydrogen) atoms. The second kappa shape index (κ2) is 7.85. The zero-order valence-corrected chi connectivity index (χ0v) is 13.1. The molecule has 0 aromatic carbocycles. The first-order chi connectivity index (χ1) is 8.58. The van der Waals surface area contributed by atoms with Crippen molar-refractivity contribution in [3.8, 4) is 0 Å². The third-order valence-electron chi connectivity index (χ3n) is 2.39. The Labute approximate surface area is 119 Å². The molecule has 1 N–H and O–H groups in total. The number of aromatic nitrogens is 2. The molecule has 0 fully saturated rings. The fourth-order valence-corrected chi connectivity index (χ4v) is 3.82. The van der Waals surface area contributed by atoms with Crippen LogP contribution in [0.1, 0.15) is 13.3 Å². The van der Waals surface area contributed by atoms with Crippen LogP contribution in [0.5, 0.6) is 0 Å². The van der Waals surface area contributed by atoms with Crippen molar-refractivity contribution in [3.63, 3.8) is 0 Å². The van der Waals surface area contributed by atoms with Crippen LogP contribution in [0.3, 0.4) is 0 Å². The van der Waals surface area contributed by atoms with Crippen LogP contribution >= 0.6 is 34.9 Å². The van der Waals surface area contributed by atoms with Gasteiger partial charge in [0.25, 0.3) is 0 Å². The van der Waals surface area contributed by atoms with Gasteiger partial charge in [-0.1, -0.05) is 30.0 Å². The first-order valence-corrected chi connectivity index (χ1v) is 8.68. The normalized spacial score (nSPS) is 12.4. The van der Waals surface area contributed by atoms with E-state index in [1.807, 2.05) is 18.8 Å². The molecule has 0 saturated carbocycles. The lowest BCUT2D eigenvalue weighted by Gasteiger charge is -2.25. The third-order valence-corrected chi connectivity index (χ3v) is 5.24. The van der Waals surface area contributed by atoms with Crippen LogP contribution in [0.15, 0.2) is 4.34 Å². The van der Waals surface area contributed by atoms with Crippen LogP contribution in [-0.4, -0.2) is 52.1 Å². The number of nitrogens with zero attached hydrogens (tertiary/aromatic N) is 3. The van der Waals surface area contributed by atoms with Crippen molar-refractivity contribution < 1.29 is 9.90 Å². The van der Waals surface area contributed by atoms with E-state index < -0.39 is 5.97 Å². The third kappa shape index (κ3) is 4.66. The summed E-state index contributed by atoms with van der Waals surface area (Å²) in [7, 11) is 2.01. The van der Waals surface area contributed by atoms with E-state index in [4.69, 9.17) is 5.11 Å². The molecule has 0 saturated heterocycles. The number of carboxylic acids is 1. The molecule has 0 aliphatic rings. The first kappa shape index (κ1) is 15.6. The number of hydrogen-bond acceptors (Lipinski definition) is 7. The first-order valence-electron chi connectivity index (χ1n) is 5.48. The predicted molar refractivity (Wildman–Crippen MR) is 79.1 cm³/mol. The highest BCUT2D eigenvalue weighted by Gasteiger charge is 2.17. The van der Waals surface area contributed by atoms with Gasteiger partial charge in [0.05, 0.1) is 5.75 Å². The molecule has 0 bridgehead atoms. The maximum absolute atomic E-state index is 10.5. The quantitative estimate of drug-likeness (QED) is 0.739. The van der Waals surface area contributed by atoms with Crippen molar-refractivity contribution in [2.45, 2.75) is 23.7 Å². The van der Waals surface area contributed by atoms with Crippen molar-refractivity contribution >= 4 is 46.0 Å². The Morgan fingerprint density at radius 2 is 2.28 bits per heavy atom. The number of thioether (sulfide) groups is 2. The van der Waals surface area contributed by atoms with Gasteiger partial charge in [0.15, 0.2) is 4.34 Å². The fraction of sp³-hybridized carbons (Fsp3) is 0.700. The molecule has 0 radical (unpaired) electrons. The number of carbonyl (C=O) groups is 1. The molecular formula is C10H17N3O2S3. The lowest BCUT2D eigenvalue weighted by molar-refractivity contribution is -0.133. The van der Waals surface area contributed by atoms with Crippen LogP contribution in [0.2, 0.25) is 0 Å². The minimum Gasteiger partial charge on any atom is -0.481 e. The second-order valence-electron chi connectivity index (χ2n) is 3.66. The number of rotatable bonds is 8. The van der Waals surface area contributed by atoms with E-state index in [1.54, 1.807) is 0 Å². The zero-order valence-electron chi connectivity index (χ0n) is 10.6. The maximum Gasteiger partial charge on any atom is 0.313 e. The van der Waals surface area contributed by atoms with Gasteiger partial charge >= 0.3 is 5.97 Å². The molecule has 1 rings (SSSR count). The summed E-state index contributed by atoms with van der Waals surface area (Å²) in [4.78, 5) is 12.6. The maximum atomic E-state index is 10.5. The van der Waals surface area contributed by atoms with Gasteiger partial charge < -0.3 is 10.0 Å². The summed E-state index contributed by atoms with van der Waals surface area (Å²) in [5, 5.41) is 17.6. The van der Waals surface area contributed by atoms with Crippen LogP contribution in [0, 0.1) is 0 Å². The van der Waals surface area contributed by atoms with Crippen LogP contribution in [-0.2, 0) is 4.79 Å². The number of aliphatic carboxylic acids is 1. The summed E-state index contributed by atoms with van der Waals surface area (Å²) in [5.41, 5.74) is 0. The van der Waals surface area contributed by atoms with E-state index in [0.717, 1.165) is 17.3 Å². The van der Waals surface area contributed by atoms with Crippen molar-refractivity contribution in [2.75, 3.05) is 29.7 Å². The van der Waals surface area contributed by atoms with Crippen molar-refractivity contribution in [1.29, 1.82) is 0 Å². The summed E-state index contributed by atoms with van der Waals surface area (Å²) < 4.78 is 0.707. The van der Waals surface area contributed by atoms with E-state index >= 15 is 0 Å². The Bertz CT molecular complexity index is 386. The summed E-state index contributed by atoms with van der Waals surface area (Å²) in [6.45, 7) is 2.15. The Morgan fingerprint density at radius 1 is 1.56 bits per heavy atom. The number of hydrogen-bond donors (Lipinski definition) is 1. The molecule has 8 heteroatoms. The molecule has 1 heterocycles. The van der Waals surface area contributed by atoms with Crippen molar-refractivity contribution in [1.82, 2.24) is 10.2 Å². The van der Waals surface area contributed by atoms with Crippen molar-refractivity contribution in [2.24, 2.45) is 0 Å². The molecule has 0 spiro atoms. The van der Waals surface area contributed by atoms with Gasteiger partial charge in [-0.3, -0.25) is 4.79 Å². The average molecular weight is 307 g/mol. The topological polar surface area (TPSA) is 66.3 Å². The van der Waals surface area contributed by atoms with Crippen LogP contribution in [0.25, 0.3) is 0 Å². The van der Waals surface area contributed by atoms with Gasteiger partial charge in [-0.15, -0.1) is 10.2 Å². The smallest absolute Gasteiger partial charge is 0.313 e. The predicted octanol–water partition coefficient (Wildman–Crippen LogP) is 2.29. The van der Waals surface area contributed by atoms with Gasteiger partial charge in [0, 0.05) is 18.8 Å². The minimum absolute atomic E-state index is 0.0281. The van der Waals surface area contributed by atoms with E-state index in [2.05, 4.69) is 28.3 Å². The van der Waals surface area contributed by atoms with Gasteiger partial charge in [0.2, 0.25) is 5.13 Å². The van der Waals surface area contributed by atoms with Crippen molar-refractivity contribution in [3.05, 3.63) is 0 Å². The van der Waals surface area contributed by atoms with E-state index in [9.17, 15) is 4.79 Å². The summed E-state index contributed by atoms with van der Waals surface area (Å²) in [6.07, 6.45) is 3.14. The molecule has 5 nitrogen and oxygen atoms in total. The minimum atomic E-state index is -0.834. The van der Waals surface area contributed by atoms with Crippen LogP contribution < -0.4 is 4.90 Å². The number of carboxylic acid groups (broad SMARTS) is 1. The molecule has 102 valence electrons. The molecular weight excluding hydrogens is 290 g/mol. The Morgan fingerprint density at radius 3 is 2.83 bits per heavy atom. The van der Waals surface area contributed by atoms with E-state index in [0.29, 0.717) is 10.4 Å². The Balaban J connectivity index is 2.63. The Kier molecular flexibility index (Phi) is 6.80. The van der Waals surface area contributed by atoms with Gasteiger partial charge in [-0.25, -0.2) is 0 Å². The highest BCUT2D eigenvalue weighted by Crippen LogP contribution is 2.29. The van der Waals surface area contributed by atoms with Gasteiger partial charge in [-0.2, -0.15) is 11.8 Å². The average Bonchev–Trinajstić information content (AvgIpc) is 2.81. The molecule has 1 aromatic heterocycles. The van der Waals surface area contributed by atoms with E-state index in [1.165, 1.54) is 23.1 Å². The standard InChI is InChI=1S/C10H17N3O2S3/c1-4-7(5-16-3)13(2)9-11-12-10(18-9)17-6-8(14)15/h7H,4-6H2,1-3H3,(H,14,15). The highest BCUT2D eigenvalue weighted by molar-refractivity contribution is 8.01. The van der Waals surface area contributed by atoms with Gasteiger partial charge in [-0.05, 0) is 12.7 Å². The zero-order chi connectivity index (χ0) is 13.5.